The monoisotopic (exact) mass is 337 g/mol. The van der Waals surface area contributed by atoms with E-state index in [4.69, 9.17) is 9.15 Å². The molecule has 106 valence electrons. The number of hydrogen-bond donors (Lipinski definition) is 1. The van der Waals surface area contributed by atoms with Gasteiger partial charge < -0.3 is 14.5 Å². The Labute approximate surface area is 126 Å². The van der Waals surface area contributed by atoms with Crippen molar-refractivity contribution in [1.29, 1.82) is 0 Å². The van der Waals surface area contributed by atoms with Gasteiger partial charge >= 0.3 is 0 Å². The highest BCUT2D eigenvalue weighted by molar-refractivity contribution is 9.10. The Hall–Kier alpha value is -1.75. The van der Waals surface area contributed by atoms with Crippen molar-refractivity contribution in [3.8, 4) is 5.75 Å². The third-order valence-electron chi connectivity index (χ3n) is 2.55. The van der Waals surface area contributed by atoms with Crippen LogP contribution in [0.5, 0.6) is 5.75 Å². The van der Waals surface area contributed by atoms with Crippen molar-refractivity contribution in [3.05, 3.63) is 52.4 Å². The van der Waals surface area contributed by atoms with E-state index < -0.39 is 0 Å². The van der Waals surface area contributed by atoms with Crippen LogP contribution in [0.4, 0.5) is 0 Å². The number of carbonyl (C=O) groups is 1. The lowest BCUT2D eigenvalue weighted by atomic mass is 10.2. The van der Waals surface area contributed by atoms with Crippen molar-refractivity contribution in [2.24, 2.45) is 0 Å². The van der Waals surface area contributed by atoms with Crippen LogP contribution in [0.15, 0.2) is 45.5 Å². The molecule has 0 aliphatic carbocycles. The molecular formula is C15H16BrNO3. The number of hydrogen-bond acceptors (Lipinski definition) is 3. The second-order valence-electron chi connectivity index (χ2n) is 4.57. The standard InChI is InChI=1S/C15H16BrNO3/c1-10(2)20-14-6-5-11(16)8-13(14)15(18)17-9-12-4-3-7-19-12/h3-8,10H,9H2,1-2H3,(H,17,18). The SMILES string of the molecule is CC(C)Oc1ccc(Br)cc1C(=O)NCc1ccco1. The van der Waals surface area contributed by atoms with Crippen LogP contribution in [-0.2, 0) is 6.54 Å². The van der Waals surface area contributed by atoms with Gasteiger partial charge in [0.1, 0.15) is 11.5 Å². The van der Waals surface area contributed by atoms with E-state index in [1.165, 1.54) is 0 Å². The summed E-state index contributed by atoms with van der Waals surface area (Å²) in [5.41, 5.74) is 0.500. The van der Waals surface area contributed by atoms with Gasteiger partial charge in [0, 0.05) is 4.47 Å². The second-order valence-corrected chi connectivity index (χ2v) is 5.48. The molecule has 0 atom stereocenters. The summed E-state index contributed by atoms with van der Waals surface area (Å²) in [7, 11) is 0. The highest BCUT2D eigenvalue weighted by atomic mass is 79.9. The maximum absolute atomic E-state index is 12.2. The Bertz CT molecular complexity index is 579. The van der Waals surface area contributed by atoms with Gasteiger partial charge in [0.05, 0.1) is 24.5 Å². The molecule has 0 bridgehead atoms. The molecule has 1 aromatic carbocycles. The molecule has 1 amide bonds. The van der Waals surface area contributed by atoms with E-state index in [0.29, 0.717) is 23.6 Å². The van der Waals surface area contributed by atoms with Gasteiger partial charge in [-0.05, 0) is 44.2 Å². The maximum Gasteiger partial charge on any atom is 0.255 e. The first-order chi connectivity index (χ1) is 9.56. The molecule has 0 fully saturated rings. The second kappa shape index (κ2) is 6.61. The lowest BCUT2D eigenvalue weighted by Gasteiger charge is -2.14. The van der Waals surface area contributed by atoms with Crippen molar-refractivity contribution >= 4 is 21.8 Å². The molecule has 2 aromatic rings. The summed E-state index contributed by atoms with van der Waals surface area (Å²) < 4.78 is 11.7. The molecule has 1 aromatic heterocycles. The molecule has 0 spiro atoms. The van der Waals surface area contributed by atoms with Crippen LogP contribution >= 0.6 is 15.9 Å². The number of benzene rings is 1. The summed E-state index contributed by atoms with van der Waals surface area (Å²) in [6.45, 7) is 4.19. The van der Waals surface area contributed by atoms with Crippen molar-refractivity contribution < 1.29 is 13.9 Å². The molecule has 1 N–H and O–H groups in total. The average molecular weight is 338 g/mol. The van der Waals surface area contributed by atoms with Crippen molar-refractivity contribution in [2.45, 2.75) is 26.5 Å². The Kier molecular flexibility index (Phi) is 4.84. The number of ether oxygens (including phenoxy) is 1. The Balaban J connectivity index is 2.13. The van der Waals surface area contributed by atoms with Crippen LogP contribution in [0.1, 0.15) is 30.0 Å². The zero-order valence-electron chi connectivity index (χ0n) is 11.4. The van der Waals surface area contributed by atoms with E-state index in [1.54, 1.807) is 24.5 Å². The molecule has 1 heterocycles. The molecular weight excluding hydrogens is 322 g/mol. The quantitative estimate of drug-likeness (QED) is 0.903. The van der Waals surface area contributed by atoms with E-state index in [2.05, 4.69) is 21.2 Å². The zero-order chi connectivity index (χ0) is 14.5. The van der Waals surface area contributed by atoms with E-state index in [9.17, 15) is 4.79 Å². The van der Waals surface area contributed by atoms with Gasteiger partial charge in [0.2, 0.25) is 0 Å². The Morgan fingerprint density at radius 1 is 1.40 bits per heavy atom. The van der Waals surface area contributed by atoms with Crippen LogP contribution in [0.2, 0.25) is 0 Å². The third-order valence-corrected chi connectivity index (χ3v) is 3.05. The molecule has 0 aliphatic rings. The van der Waals surface area contributed by atoms with Gasteiger partial charge in [0.15, 0.2) is 0 Å². The fourth-order valence-corrected chi connectivity index (χ4v) is 2.07. The minimum Gasteiger partial charge on any atom is -0.490 e. The molecule has 4 nitrogen and oxygen atoms in total. The predicted octanol–water partition coefficient (Wildman–Crippen LogP) is 3.76. The number of nitrogens with one attached hydrogen (secondary N) is 1. The van der Waals surface area contributed by atoms with Gasteiger partial charge in [0.25, 0.3) is 5.91 Å². The highest BCUT2D eigenvalue weighted by Gasteiger charge is 2.14. The smallest absolute Gasteiger partial charge is 0.255 e. The molecule has 0 saturated heterocycles. The van der Waals surface area contributed by atoms with Crippen molar-refractivity contribution in [2.75, 3.05) is 0 Å². The van der Waals surface area contributed by atoms with Gasteiger partial charge in [-0.3, -0.25) is 4.79 Å². The fourth-order valence-electron chi connectivity index (χ4n) is 1.71. The molecule has 20 heavy (non-hydrogen) atoms. The summed E-state index contributed by atoms with van der Waals surface area (Å²) >= 11 is 3.37. The third kappa shape index (κ3) is 3.87. The maximum atomic E-state index is 12.2. The number of furan rings is 1. The summed E-state index contributed by atoms with van der Waals surface area (Å²) in [4.78, 5) is 12.2. The van der Waals surface area contributed by atoms with Gasteiger partial charge in [-0.2, -0.15) is 0 Å². The fraction of sp³-hybridized carbons (Fsp3) is 0.267. The molecule has 0 radical (unpaired) electrons. The highest BCUT2D eigenvalue weighted by Crippen LogP contribution is 2.24. The predicted molar refractivity (Wildman–Crippen MR) is 79.8 cm³/mol. The average Bonchev–Trinajstić information content (AvgIpc) is 2.90. The first kappa shape index (κ1) is 14.7. The largest absolute Gasteiger partial charge is 0.490 e. The molecule has 0 aliphatic heterocycles. The van der Waals surface area contributed by atoms with Gasteiger partial charge in [-0.15, -0.1) is 0 Å². The van der Waals surface area contributed by atoms with E-state index in [-0.39, 0.29) is 12.0 Å². The van der Waals surface area contributed by atoms with Crippen molar-refractivity contribution in [3.63, 3.8) is 0 Å². The van der Waals surface area contributed by atoms with Gasteiger partial charge in [-0.1, -0.05) is 15.9 Å². The Morgan fingerprint density at radius 2 is 2.20 bits per heavy atom. The molecule has 0 saturated carbocycles. The van der Waals surface area contributed by atoms with Crippen LogP contribution in [0.25, 0.3) is 0 Å². The van der Waals surface area contributed by atoms with Gasteiger partial charge in [-0.25, -0.2) is 0 Å². The minimum atomic E-state index is -0.196. The molecule has 5 heteroatoms. The lowest BCUT2D eigenvalue weighted by molar-refractivity contribution is 0.0942. The summed E-state index contributed by atoms with van der Waals surface area (Å²) in [5, 5.41) is 2.81. The normalized spacial score (nSPS) is 10.6. The first-order valence-electron chi connectivity index (χ1n) is 6.33. The van der Waals surface area contributed by atoms with Crippen LogP contribution in [0, 0.1) is 0 Å². The lowest BCUT2D eigenvalue weighted by Crippen LogP contribution is -2.23. The van der Waals surface area contributed by atoms with E-state index in [1.807, 2.05) is 26.0 Å². The summed E-state index contributed by atoms with van der Waals surface area (Å²) in [5.74, 6) is 1.08. The topological polar surface area (TPSA) is 51.5 Å². The minimum absolute atomic E-state index is 0.00722. The number of halogens is 1. The summed E-state index contributed by atoms with van der Waals surface area (Å²) in [6, 6.07) is 8.97. The van der Waals surface area contributed by atoms with Crippen LogP contribution < -0.4 is 10.1 Å². The molecule has 0 unspecified atom stereocenters. The number of rotatable bonds is 5. The zero-order valence-corrected chi connectivity index (χ0v) is 12.9. The first-order valence-corrected chi connectivity index (χ1v) is 7.12. The van der Waals surface area contributed by atoms with Crippen LogP contribution in [-0.4, -0.2) is 12.0 Å². The van der Waals surface area contributed by atoms with Crippen LogP contribution in [0.3, 0.4) is 0 Å². The number of carbonyl (C=O) groups excluding carboxylic acids is 1. The van der Waals surface area contributed by atoms with Crippen molar-refractivity contribution in [1.82, 2.24) is 5.32 Å². The molecule has 2 rings (SSSR count). The van der Waals surface area contributed by atoms with E-state index >= 15 is 0 Å². The van der Waals surface area contributed by atoms with E-state index in [0.717, 1.165) is 4.47 Å². The Morgan fingerprint density at radius 3 is 2.85 bits per heavy atom. The summed E-state index contributed by atoms with van der Waals surface area (Å²) in [6.07, 6.45) is 1.58. The number of amides is 1.